The first-order chi connectivity index (χ1) is 15.7. The van der Waals surface area contributed by atoms with E-state index in [4.69, 9.17) is 9.47 Å². The van der Waals surface area contributed by atoms with Crippen LogP contribution >= 0.6 is 23.5 Å². The molecular weight excluding hydrogens is 436 g/mol. The summed E-state index contributed by atoms with van der Waals surface area (Å²) in [5.41, 5.74) is 2.36. The Balaban J connectivity index is 1.90. The van der Waals surface area contributed by atoms with E-state index in [1.165, 1.54) is 11.1 Å². The van der Waals surface area contributed by atoms with Crippen molar-refractivity contribution in [3.8, 4) is 11.5 Å². The van der Waals surface area contributed by atoms with Crippen molar-refractivity contribution in [2.75, 3.05) is 57.9 Å². The molecule has 1 atom stereocenters. The molecule has 2 aromatic carbocycles. The van der Waals surface area contributed by atoms with E-state index < -0.39 is 0 Å². The summed E-state index contributed by atoms with van der Waals surface area (Å²) in [6.07, 6.45) is 13.1. The second kappa shape index (κ2) is 15.7. The van der Waals surface area contributed by atoms with Crippen molar-refractivity contribution in [1.29, 1.82) is 0 Å². The minimum absolute atomic E-state index is 0.333. The fourth-order valence-corrected chi connectivity index (χ4v) is 4.08. The lowest BCUT2D eigenvalue weighted by molar-refractivity contribution is 0.390. The van der Waals surface area contributed by atoms with Gasteiger partial charge < -0.3 is 19.7 Å². The van der Waals surface area contributed by atoms with E-state index in [2.05, 4.69) is 71.4 Å². The zero-order valence-corrected chi connectivity index (χ0v) is 21.3. The molecule has 0 aliphatic carbocycles. The molecule has 0 saturated carbocycles. The van der Waals surface area contributed by atoms with Gasteiger partial charge in [0.1, 0.15) is 11.5 Å². The van der Waals surface area contributed by atoms with Crippen LogP contribution in [-0.4, -0.2) is 68.8 Å². The Morgan fingerprint density at radius 2 is 1.44 bits per heavy atom. The topological polar surface area (TPSA) is 33.7 Å². The van der Waals surface area contributed by atoms with Gasteiger partial charge in [-0.2, -0.15) is 23.5 Å². The lowest BCUT2D eigenvalue weighted by Crippen LogP contribution is -2.36. The molecule has 0 bridgehead atoms. The standard InChI is InChI=1S/C26H36N2O2S2/c1-29-25-11-6-22(7-12-25)5-10-24(21-32-4)27-16-18-28(19-20-31-3)17-15-23-8-13-26(30-2)14-9-23/h5-15,17,24,27H,16,18-21H2,1-4H3/b10-5+,17-15+. The van der Waals surface area contributed by atoms with Crippen molar-refractivity contribution >= 4 is 35.7 Å². The molecule has 0 radical (unpaired) electrons. The Morgan fingerprint density at radius 3 is 1.97 bits per heavy atom. The summed E-state index contributed by atoms with van der Waals surface area (Å²) >= 11 is 3.74. The summed E-state index contributed by atoms with van der Waals surface area (Å²) in [5.74, 6) is 3.92. The van der Waals surface area contributed by atoms with Crippen LogP contribution in [-0.2, 0) is 0 Å². The van der Waals surface area contributed by atoms with Gasteiger partial charge in [-0.25, -0.2) is 0 Å². The Labute approximate surface area is 202 Å². The predicted octanol–water partition coefficient (Wildman–Crippen LogP) is 5.37. The molecular formula is C26H36N2O2S2. The second-order valence-corrected chi connectivity index (χ2v) is 9.16. The highest BCUT2D eigenvalue weighted by molar-refractivity contribution is 7.98. The van der Waals surface area contributed by atoms with Gasteiger partial charge in [0.05, 0.1) is 14.2 Å². The maximum Gasteiger partial charge on any atom is 0.118 e. The van der Waals surface area contributed by atoms with E-state index in [1.807, 2.05) is 47.8 Å². The van der Waals surface area contributed by atoms with Gasteiger partial charge in [-0.15, -0.1) is 0 Å². The molecule has 0 aliphatic rings. The van der Waals surface area contributed by atoms with Gasteiger partial charge in [0, 0.05) is 37.2 Å². The highest BCUT2D eigenvalue weighted by Crippen LogP contribution is 2.14. The summed E-state index contributed by atoms with van der Waals surface area (Å²) in [7, 11) is 3.39. The first kappa shape index (κ1) is 26.2. The van der Waals surface area contributed by atoms with Gasteiger partial charge in [0.2, 0.25) is 0 Å². The van der Waals surface area contributed by atoms with Gasteiger partial charge in [-0.1, -0.05) is 36.4 Å². The molecule has 0 spiro atoms. The lowest BCUT2D eigenvalue weighted by Gasteiger charge is -2.22. The van der Waals surface area contributed by atoms with Crippen molar-refractivity contribution in [1.82, 2.24) is 10.2 Å². The normalized spacial score (nSPS) is 12.4. The third-order valence-electron chi connectivity index (χ3n) is 4.96. The van der Waals surface area contributed by atoms with Gasteiger partial charge in [0.25, 0.3) is 0 Å². The molecule has 2 aromatic rings. The van der Waals surface area contributed by atoms with Crippen LogP contribution in [0.15, 0.2) is 60.8 Å². The molecule has 1 N–H and O–H groups in total. The number of nitrogens with one attached hydrogen (secondary N) is 1. The maximum atomic E-state index is 5.24. The van der Waals surface area contributed by atoms with Gasteiger partial charge >= 0.3 is 0 Å². The van der Waals surface area contributed by atoms with Crippen molar-refractivity contribution < 1.29 is 9.47 Å². The fraction of sp³-hybridized carbons (Fsp3) is 0.385. The Morgan fingerprint density at radius 1 is 0.844 bits per heavy atom. The quantitative estimate of drug-likeness (QED) is 0.375. The number of rotatable bonds is 15. The van der Waals surface area contributed by atoms with Crippen LogP contribution in [0.2, 0.25) is 0 Å². The molecule has 6 heteroatoms. The summed E-state index contributed by atoms with van der Waals surface area (Å²) in [5, 5.41) is 3.70. The number of hydrogen-bond acceptors (Lipinski definition) is 6. The molecule has 0 fully saturated rings. The minimum atomic E-state index is 0.333. The number of benzene rings is 2. The van der Waals surface area contributed by atoms with Crippen LogP contribution in [0.25, 0.3) is 12.2 Å². The van der Waals surface area contributed by atoms with Gasteiger partial charge in [-0.3, -0.25) is 0 Å². The fourth-order valence-electron chi connectivity index (χ4n) is 3.07. The average Bonchev–Trinajstić information content (AvgIpc) is 2.84. The van der Waals surface area contributed by atoms with E-state index in [-0.39, 0.29) is 0 Å². The van der Waals surface area contributed by atoms with E-state index in [1.54, 1.807) is 14.2 Å². The smallest absolute Gasteiger partial charge is 0.118 e. The third kappa shape index (κ3) is 10.1. The van der Waals surface area contributed by atoms with Crippen molar-refractivity contribution in [3.63, 3.8) is 0 Å². The summed E-state index contributed by atoms with van der Waals surface area (Å²) in [4.78, 5) is 2.39. The molecule has 1 unspecified atom stereocenters. The van der Waals surface area contributed by atoms with Crippen LogP contribution in [0.1, 0.15) is 11.1 Å². The number of thioether (sulfide) groups is 2. The SMILES string of the molecule is COc1ccc(/C=C/C(CSC)NCCN(/C=C/c2ccc(OC)cc2)CCSC)cc1. The van der Waals surface area contributed by atoms with Crippen LogP contribution in [0, 0.1) is 0 Å². The zero-order valence-electron chi connectivity index (χ0n) is 19.6. The third-order valence-corrected chi connectivity index (χ3v) is 6.25. The van der Waals surface area contributed by atoms with Gasteiger partial charge in [0.15, 0.2) is 0 Å². The number of nitrogens with zero attached hydrogens (tertiary/aromatic N) is 1. The van der Waals surface area contributed by atoms with Crippen molar-refractivity contribution in [2.24, 2.45) is 0 Å². The molecule has 0 aromatic heterocycles. The largest absolute Gasteiger partial charge is 0.497 e. The van der Waals surface area contributed by atoms with Crippen molar-refractivity contribution in [3.05, 3.63) is 71.9 Å². The molecule has 32 heavy (non-hydrogen) atoms. The minimum Gasteiger partial charge on any atom is -0.497 e. The first-order valence-corrected chi connectivity index (χ1v) is 13.6. The second-order valence-electron chi connectivity index (χ2n) is 7.27. The number of hydrogen-bond donors (Lipinski definition) is 1. The molecule has 4 nitrogen and oxygen atoms in total. The van der Waals surface area contributed by atoms with E-state index in [0.717, 1.165) is 42.6 Å². The van der Waals surface area contributed by atoms with Crippen molar-refractivity contribution in [2.45, 2.75) is 6.04 Å². The molecule has 2 rings (SSSR count). The van der Waals surface area contributed by atoms with Crippen LogP contribution in [0.3, 0.4) is 0 Å². The highest BCUT2D eigenvalue weighted by atomic mass is 32.2. The number of methoxy groups -OCH3 is 2. The maximum absolute atomic E-state index is 5.24. The van der Waals surface area contributed by atoms with E-state index in [0.29, 0.717) is 6.04 Å². The predicted molar refractivity (Wildman–Crippen MR) is 144 cm³/mol. The zero-order chi connectivity index (χ0) is 23.0. The molecule has 174 valence electrons. The highest BCUT2D eigenvalue weighted by Gasteiger charge is 2.05. The molecule has 0 aliphatic heterocycles. The molecule has 0 saturated heterocycles. The van der Waals surface area contributed by atoms with E-state index >= 15 is 0 Å². The average molecular weight is 473 g/mol. The Bertz CT molecular complexity index is 808. The first-order valence-electron chi connectivity index (χ1n) is 10.8. The summed E-state index contributed by atoms with van der Waals surface area (Å²) in [6, 6.07) is 16.6. The lowest BCUT2D eigenvalue weighted by atomic mass is 10.1. The Hall–Kier alpha value is -2.02. The molecule has 0 heterocycles. The monoisotopic (exact) mass is 472 g/mol. The summed E-state index contributed by atoms with van der Waals surface area (Å²) < 4.78 is 10.5. The van der Waals surface area contributed by atoms with Gasteiger partial charge in [-0.05, 0) is 60.2 Å². The van der Waals surface area contributed by atoms with Crippen LogP contribution in [0.5, 0.6) is 11.5 Å². The number of ether oxygens (including phenoxy) is 2. The van der Waals surface area contributed by atoms with Crippen LogP contribution in [0.4, 0.5) is 0 Å². The van der Waals surface area contributed by atoms with E-state index in [9.17, 15) is 0 Å². The summed E-state index contributed by atoms with van der Waals surface area (Å²) in [6.45, 7) is 2.93. The van der Waals surface area contributed by atoms with Crippen LogP contribution < -0.4 is 14.8 Å². The Kier molecular flexibility index (Phi) is 12.9. The molecule has 0 amide bonds.